The van der Waals surface area contributed by atoms with Crippen molar-refractivity contribution in [3.05, 3.63) is 49.6 Å². The highest BCUT2D eigenvalue weighted by atomic mass is 79.9. The quantitative estimate of drug-likeness (QED) is 0.572. The largest absolute Gasteiger partial charge is 0.348 e. The molecule has 0 saturated carbocycles. The third-order valence-electron chi connectivity index (χ3n) is 5.01. The van der Waals surface area contributed by atoms with E-state index in [0.717, 1.165) is 35.5 Å². The number of fused-ring (bicyclic) bond motifs is 1. The summed E-state index contributed by atoms with van der Waals surface area (Å²) in [5.74, 6) is -0.349. The van der Waals surface area contributed by atoms with Crippen molar-refractivity contribution < 1.29 is 4.79 Å². The zero-order chi connectivity index (χ0) is 21.3. The number of benzene rings is 1. The van der Waals surface area contributed by atoms with E-state index < -0.39 is 5.69 Å². The average Bonchev–Trinajstić information content (AvgIpc) is 3.40. The smallest absolute Gasteiger partial charge is 0.333 e. The second-order valence-corrected chi connectivity index (χ2v) is 9.12. The summed E-state index contributed by atoms with van der Waals surface area (Å²) in [5, 5.41) is 3.53. The standard InChI is InChI=1S/C20H22BrN5O3S/c1-2-9-25-18(28)16-17(23-19(30-16)24-10-3-4-11-24)26(20(25)29)12-15(27)22-14-7-5-13(21)6-8-14/h5-8H,2-4,9-12H2,1H3,(H,22,27). The van der Waals surface area contributed by atoms with Gasteiger partial charge in [-0.3, -0.25) is 18.7 Å². The molecule has 1 amide bonds. The molecule has 1 aromatic carbocycles. The number of amides is 1. The molecule has 1 aliphatic heterocycles. The molecule has 1 N–H and O–H groups in total. The summed E-state index contributed by atoms with van der Waals surface area (Å²) < 4.78 is 3.85. The summed E-state index contributed by atoms with van der Waals surface area (Å²) >= 11 is 4.66. The Morgan fingerprint density at radius 2 is 1.87 bits per heavy atom. The van der Waals surface area contributed by atoms with E-state index >= 15 is 0 Å². The molecule has 1 saturated heterocycles. The van der Waals surface area contributed by atoms with Crippen LogP contribution in [0.5, 0.6) is 0 Å². The van der Waals surface area contributed by atoms with Gasteiger partial charge in [0.15, 0.2) is 10.8 Å². The van der Waals surface area contributed by atoms with Crippen LogP contribution in [0.25, 0.3) is 10.3 Å². The molecule has 2 aromatic heterocycles. The lowest BCUT2D eigenvalue weighted by atomic mass is 10.3. The van der Waals surface area contributed by atoms with Crippen molar-refractivity contribution in [2.45, 2.75) is 39.3 Å². The average molecular weight is 492 g/mol. The van der Waals surface area contributed by atoms with E-state index in [4.69, 9.17) is 0 Å². The lowest BCUT2D eigenvalue weighted by Crippen LogP contribution is -2.41. The lowest BCUT2D eigenvalue weighted by molar-refractivity contribution is -0.116. The molecule has 30 heavy (non-hydrogen) atoms. The van der Waals surface area contributed by atoms with Crippen LogP contribution in [0.2, 0.25) is 0 Å². The van der Waals surface area contributed by atoms with Gasteiger partial charge < -0.3 is 10.2 Å². The predicted octanol–water partition coefficient (Wildman–Crippen LogP) is 3.03. The molecule has 10 heteroatoms. The molecule has 0 unspecified atom stereocenters. The van der Waals surface area contributed by atoms with E-state index in [2.05, 4.69) is 31.1 Å². The van der Waals surface area contributed by atoms with Gasteiger partial charge in [-0.25, -0.2) is 9.78 Å². The Hall–Kier alpha value is -2.46. The number of rotatable bonds is 6. The Labute approximate surface area is 185 Å². The number of halogens is 1. The van der Waals surface area contributed by atoms with Crippen LogP contribution in [-0.4, -0.2) is 33.1 Å². The Balaban J connectivity index is 1.74. The zero-order valence-corrected chi connectivity index (χ0v) is 19.0. The van der Waals surface area contributed by atoms with Crippen LogP contribution in [0.1, 0.15) is 26.2 Å². The summed E-state index contributed by atoms with van der Waals surface area (Å²) in [7, 11) is 0. The maximum absolute atomic E-state index is 13.0. The van der Waals surface area contributed by atoms with Gasteiger partial charge in [-0.1, -0.05) is 34.2 Å². The molecule has 4 rings (SSSR count). The molecular weight excluding hydrogens is 470 g/mol. The van der Waals surface area contributed by atoms with Crippen LogP contribution in [0, 0.1) is 0 Å². The predicted molar refractivity (Wildman–Crippen MR) is 123 cm³/mol. The van der Waals surface area contributed by atoms with E-state index in [9.17, 15) is 14.4 Å². The molecule has 8 nitrogen and oxygen atoms in total. The fourth-order valence-electron chi connectivity index (χ4n) is 3.55. The van der Waals surface area contributed by atoms with Crippen molar-refractivity contribution in [1.82, 2.24) is 14.1 Å². The number of nitrogens with zero attached hydrogens (tertiary/aromatic N) is 4. The van der Waals surface area contributed by atoms with Gasteiger partial charge in [0.05, 0.1) is 0 Å². The molecular formula is C20H22BrN5O3S. The van der Waals surface area contributed by atoms with Crippen molar-refractivity contribution in [2.24, 2.45) is 0 Å². The molecule has 0 radical (unpaired) electrons. The number of thiazole rings is 1. The van der Waals surface area contributed by atoms with Gasteiger partial charge in [0.25, 0.3) is 5.56 Å². The third kappa shape index (κ3) is 4.06. The van der Waals surface area contributed by atoms with Gasteiger partial charge in [0, 0.05) is 29.8 Å². The minimum absolute atomic E-state index is 0.210. The molecule has 0 bridgehead atoms. The van der Waals surface area contributed by atoms with E-state index in [1.165, 1.54) is 20.5 Å². The minimum Gasteiger partial charge on any atom is -0.348 e. The van der Waals surface area contributed by atoms with Crippen LogP contribution in [0.15, 0.2) is 38.3 Å². The van der Waals surface area contributed by atoms with E-state index in [1.807, 2.05) is 19.1 Å². The second kappa shape index (κ2) is 8.73. The Morgan fingerprint density at radius 1 is 1.17 bits per heavy atom. The number of aromatic nitrogens is 3. The monoisotopic (exact) mass is 491 g/mol. The first-order valence-electron chi connectivity index (χ1n) is 9.92. The number of nitrogens with one attached hydrogen (secondary N) is 1. The molecule has 0 atom stereocenters. The van der Waals surface area contributed by atoms with Gasteiger partial charge in [0.1, 0.15) is 11.2 Å². The minimum atomic E-state index is -0.501. The van der Waals surface area contributed by atoms with Crippen LogP contribution in [0.3, 0.4) is 0 Å². The highest BCUT2D eigenvalue weighted by Crippen LogP contribution is 2.28. The first kappa shape index (κ1) is 20.8. The summed E-state index contributed by atoms with van der Waals surface area (Å²) in [6.45, 7) is 3.77. The number of hydrogen-bond donors (Lipinski definition) is 1. The van der Waals surface area contributed by atoms with Gasteiger partial charge in [-0.2, -0.15) is 0 Å². The molecule has 1 aliphatic rings. The van der Waals surface area contributed by atoms with E-state index in [1.54, 1.807) is 12.1 Å². The van der Waals surface area contributed by atoms with Crippen molar-refractivity contribution in [2.75, 3.05) is 23.3 Å². The maximum Gasteiger partial charge on any atom is 0.333 e. The normalized spacial score (nSPS) is 13.9. The van der Waals surface area contributed by atoms with E-state index in [-0.39, 0.29) is 23.7 Å². The highest BCUT2D eigenvalue weighted by Gasteiger charge is 2.23. The number of hydrogen-bond acceptors (Lipinski definition) is 6. The molecule has 0 spiro atoms. The number of carbonyl (C=O) groups is 1. The summed E-state index contributed by atoms with van der Waals surface area (Å²) in [5.41, 5.74) is 0.0866. The van der Waals surface area contributed by atoms with E-state index in [0.29, 0.717) is 23.4 Å². The van der Waals surface area contributed by atoms with Crippen molar-refractivity contribution in [3.63, 3.8) is 0 Å². The maximum atomic E-state index is 13.0. The number of anilines is 2. The molecule has 3 heterocycles. The molecule has 0 aliphatic carbocycles. The Kier molecular flexibility index (Phi) is 6.05. The Bertz CT molecular complexity index is 1190. The first-order valence-corrected chi connectivity index (χ1v) is 11.5. The molecule has 3 aromatic rings. The molecule has 158 valence electrons. The van der Waals surface area contributed by atoms with Gasteiger partial charge in [-0.15, -0.1) is 0 Å². The Morgan fingerprint density at radius 3 is 2.53 bits per heavy atom. The van der Waals surface area contributed by atoms with Crippen molar-refractivity contribution in [3.8, 4) is 0 Å². The van der Waals surface area contributed by atoms with Crippen LogP contribution >= 0.6 is 27.3 Å². The van der Waals surface area contributed by atoms with Gasteiger partial charge in [0.2, 0.25) is 5.91 Å². The summed E-state index contributed by atoms with van der Waals surface area (Å²) in [4.78, 5) is 45.4. The fraction of sp³-hybridized carbons (Fsp3) is 0.400. The van der Waals surface area contributed by atoms with Gasteiger partial charge in [-0.05, 0) is 43.5 Å². The van der Waals surface area contributed by atoms with Gasteiger partial charge >= 0.3 is 5.69 Å². The highest BCUT2D eigenvalue weighted by molar-refractivity contribution is 9.10. The van der Waals surface area contributed by atoms with Crippen LogP contribution in [-0.2, 0) is 17.9 Å². The topological polar surface area (TPSA) is 89.2 Å². The lowest BCUT2D eigenvalue weighted by Gasteiger charge is -2.12. The zero-order valence-electron chi connectivity index (χ0n) is 16.6. The van der Waals surface area contributed by atoms with Crippen molar-refractivity contribution >= 4 is 54.3 Å². The number of carbonyl (C=O) groups excluding carboxylic acids is 1. The second-order valence-electron chi connectivity index (χ2n) is 7.22. The summed E-state index contributed by atoms with van der Waals surface area (Å²) in [6.07, 6.45) is 2.81. The van der Waals surface area contributed by atoms with Crippen LogP contribution in [0.4, 0.5) is 10.8 Å². The summed E-state index contributed by atoms with van der Waals surface area (Å²) in [6, 6.07) is 7.19. The SMILES string of the molecule is CCCn1c(=O)c2sc(N3CCCC3)nc2n(CC(=O)Nc2ccc(Br)cc2)c1=O. The van der Waals surface area contributed by atoms with Crippen LogP contribution < -0.4 is 21.5 Å². The molecule has 1 fully saturated rings. The third-order valence-corrected chi connectivity index (χ3v) is 6.63. The van der Waals surface area contributed by atoms with Crippen molar-refractivity contribution in [1.29, 1.82) is 0 Å². The first-order chi connectivity index (χ1) is 14.5. The fourth-order valence-corrected chi connectivity index (χ4v) is 4.89.